The lowest BCUT2D eigenvalue weighted by atomic mass is 9.92. The normalized spacial score (nSPS) is 14.3. The van der Waals surface area contributed by atoms with Crippen LogP contribution in [0.3, 0.4) is 0 Å². The standard InChI is InChI=1S/C21H25ClN2O/c1-3-16-9-7-10-17(4-2)20(16)23-21(25)24-13-15(14-24)12-18-8-5-6-11-19(18)22/h5-11,15H,3-4,12-14H2,1-2H3,(H,23,25). The van der Waals surface area contributed by atoms with Gasteiger partial charge in [0.05, 0.1) is 0 Å². The summed E-state index contributed by atoms with van der Waals surface area (Å²) in [6, 6.07) is 14.2. The SMILES string of the molecule is CCc1cccc(CC)c1NC(=O)N1CC(Cc2ccccc2Cl)C1. The highest BCUT2D eigenvalue weighted by molar-refractivity contribution is 6.31. The number of halogens is 1. The molecule has 2 aromatic rings. The molecule has 0 radical (unpaired) electrons. The van der Waals surface area contributed by atoms with Crippen molar-refractivity contribution in [3.8, 4) is 0 Å². The van der Waals surface area contributed by atoms with Crippen molar-refractivity contribution in [2.45, 2.75) is 33.1 Å². The van der Waals surface area contributed by atoms with E-state index < -0.39 is 0 Å². The monoisotopic (exact) mass is 356 g/mol. The Balaban J connectivity index is 1.59. The number of nitrogens with zero attached hydrogens (tertiary/aromatic N) is 1. The van der Waals surface area contributed by atoms with E-state index in [9.17, 15) is 4.79 Å². The summed E-state index contributed by atoms with van der Waals surface area (Å²) >= 11 is 6.23. The summed E-state index contributed by atoms with van der Waals surface area (Å²) in [5.41, 5.74) is 4.55. The van der Waals surface area contributed by atoms with E-state index in [0.717, 1.165) is 43.1 Å². The van der Waals surface area contributed by atoms with Crippen molar-refractivity contribution in [3.05, 3.63) is 64.2 Å². The van der Waals surface area contributed by atoms with Crippen LogP contribution in [0.15, 0.2) is 42.5 Å². The molecule has 3 nitrogen and oxygen atoms in total. The molecule has 1 heterocycles. The summed E-state index contributed by atoms with van der Waals surface area (Å²) in [5.74, 6) is 0.484. The molecule has 0 saturated carbocycles. The van der Waals surface area contributed by atoms with Gasteiger partial charge in [0.2, 0.25) is 0 Å². The molecule has 1 N–H and O–H groups in total. The van der Waals surface area contributed by atoms with Gasteiger partial charge < -0.3 is 10.2 Å². The minimum Gasteiger partial charge on any atom is -0.324 e. The Kier molecular flexibility index (Phi) is 5.64. The van der Waals surface area contributed by atoms with Crippen LogP contribution in [0.25, 0.3) is 0 Å². The number of amides is 2. The van der Waals surface area contributed by atoms with Crippen LogP contribution in [0.5, 0.6) is 0 Å². The van der Waals surface area contributed by atoms with E-state index in [1.807, 2.05) is 23.1 Å². The van der Waals surface area contributed by atoms with E-state index >= 15 is 0 Å². The fourth-order valence-electron chi connectivity index (χ4n) is 3.43. The van der Waals surface area contributed by atoms with Crippen LogP contribution in [0, 0.1) is 5.92 Å². The van der Waals surface area contributed by atoms with E-state index in [1.54, 1.807) is 0 Å². The van der Waals surface area contributed by atoms with Crippen LogP contribution in [0.4, 0.5) is 10.5 Å². The Hall–Kier alpha value is -2.00. The lowest BCUT2D eigenvalue weighted by Gasteiger charge is -2.39. The van der Waals surface area contributed by atoms with Gasteiger partial charge in [-0.2, -0.15) is 0 Å². The number of nitrogens with one attached hydrogen (secondary N) is 1. The van der Waals surface area contributed by atoms with Crippen LogP contribution >= 0.6 is 11.6 Å². The molecular weight excluding hydrogens is 332 g/mol. The van der Waals surface area contributed by atoms with Crippen LogP contribution < -0.4 is 5.32 Å². The van der Waals surface area contributed by atoms with Gasteiger partial charge in [-0.1, -0.05) is 61.8 Å². The summed E-state index contributed by atoms with van der Waals surface area (Å²) in [6.45, 7) is 5.81. The fraction of sp³-hybridized carbons (Fsp3) is 0.381. The first kappa shape index (κ1) is 17.8. The Morgan fingerprint density at radius 3 is 2.24 bits per heavy atom. The Bertz CT molecular complexity index is 731. The zero-order valence-electron chi connectivity index (χ0n) is 14.9. The van der Waals surface area contributed by atoms with Crippen molar-refractivity contribution < 1.29 is 4.79 Å². The third kappa shape index (κ3) is 3.98. The molecule has 0 spiro atoms. The molecule has 1 fully saturated rings. The first-order valence-corrected chi connectivity index (χ1v) is 9.40. The maximum Gasteiger partial charge on any atom is 0.321 e. The van der Waals surface area contributed by atoms with Crippen molar-refractivity contribution in [2.75, 3.05) is 18.4 Å². The predicted octanol–water partition coefficient (Wildman–Crippen LogP) is 5.17. The van der Waals surface area contributed by atoms with Gasteiger partial charge >= 0.3 is 6.03 Å². The number of hydrogen-bond donors (Lipinski definition) is 1. The zero-order chi connectivity index (χ0) is 17.8. The topological polar surface area (TPSA) is 32.3 Å². The lowest BCUT2D eigenvalue weighted by molar-refractivity contribution is 0.131. The van der Waals surface area contributed by atoms with Gasteiger partial charge in [0.15, 0.2) is 0 Å². The van der Waals surface area contributed by atoms with E-state index in [4.69, 9.17) is 11.6 Å². The number of carbonyl (C=O) groups excluding carboxylic acids is 1. The van der Waals surface area contributed by atoms with Gasteiger partial charge in [0.1, 0.15) is 0 Å². The predicted molar refractivity (Wildman–Crippen MR) is 104 cm³/mol. The van der Waals surface area contributed by atoms with Crippen molar-refractivity contribution in [1.82, 2.24) is 4.90 Å². The molecule has 2 aromatic carbocycles. The Labute approximate surface area is 155 Å². The Morgan fingerprint density at radius 2 is 1.64 bits per heavy atom. The smallest absolute Gasteiger partial charge is 0.321 e. The molecule has 0 bridgehead atoms. The largest absolute Gasteiger partial charge is 0.324 e. The second kappa shape index (κ2) is 7.92. The number of likely N-dealkylation sites (tertiary alicyclic amines) is 1. The number of para-hydroxylation sites is 1. The molecule has 4 heteroatoms. The summed E-state index contributed by atoms with van der Waals surface area (Å²) in [6.07, 6.45) is 2.76. The van der Waals surface area contributed by atoms with Gasteiger partial charge in [-0.05, 0) is 47.9 Å². The second-order valence-corrected chi connectivity index (χ2v) is 7.06. The highest BCUT2D eigenvalue weighted by atomic mass is 35.5. The number of urea groups is 1. The number of carbonyl (C=O) groups is 1. The van der Waals surface area contributed by atoms with E-state index in [2.05, 4.69) is 43.4 Å². The van der Waals surface area contributed by atoms with Crippen molar-refractivity contribution in [3.63, 3.8) is 0 Å². The third-order valence-electron chi connectivity index (χ3n) is 4.94. The maximum atomic E-state index is 12.6. The van der Waals surface area contributed by atoms with E-state index in [0.29, 0.717) is 5.92 Å². The molecule has 1 aliphatic rings. The molecule has 0 aliphatic carbocycles. The average Bonchev–Trinajstić information content (AvgIpc) is 2.59. The van der Waals surface area contributed by atoms with Crippen LogP contribution in [0.1, 0.15) is 30.5 Å². The highest BCUT2D eigenvalue weighted by Gasteiger charge is 2.31. The highest BCUT2D eigenvalue weighted by Crippen LogP contribution is 2.27. The third-order valence-corrected chi connectivity index (χ3v) is 5.31. The van der Waals surface area contributed by atoms with Crippen molar-refractivity contribution in [2.24, 2.45) is 5.92 Å². The molecule has 0 aromatic heterocycles. The molecule has 0 atom stereocenters. The van der Waals surface area contributed by atoms with Crippen LogP contribution in [0.2, 0.25) is 5.02 Å². The van der Waals surface area contributed by atoms with Crippen molar-refractivity contribution >= 4 is 23.3 Å². The maximum absolute atomic E-state index is 12.6. The number of rotatable bonds is 5. The van der Waals surface area contributed by atoms with E-state index in [-0.39, 0.29) is 6.03 Å². The molecule has 0 unspecified atom stereocenters. The molecular formula is C21H25ClN2O. The molecule has 25 heavy (non-hydrogen) atoms. The molecule has 2 amide bonds. The molecule has 1 aliphatic heterocycles. The fourth-order valence-corrected chi connectivity index (χ4v) is 3.64. The van der Waals surface area contributed by atoms with Crippen LogP contribution in [-0.2, 0) is 19.3 Å². The van der Waals surface area contributed by atoms with Gasteiger partial charge in [0.25, 0.3) is 0 Å². The summed E-state index contributed by atoms with van der Waals surface area (Å²) in [5, 5.41) is 3.95. The first-order chi connectivity index (χ1) is 12.1. The Morgan fingerprint density at radius 1 is 1.04 bits per heavy atom. The van der Waals surface area contributed by atoms with Crippen molar-refractivity contribution in [1.29, 1.82) is 0 Å². The molecule has 1 saturated heterocycles. The minimum absolute atomic E-state index is 0.00556. The number of benzene rings is 2. The minimum atomic E-state index is 0.00556. The average molecular weight is 357 g/mol. The van der Waals surface area contributed by atoms with E-state index in [1.165, 1.54) is 16.7 Å². The summed E-state index contributed by atoms with van der Waals surface area (Å²) in [7, 11) is 0. The quantitative estimate of drug-likeness (QED) is 0.787. The molecule has 132 valence electrons. The summed E-state index contributed by atoms with van der Waals surface area (Å²) in [4.78, 5) is 14.5. The van der Waals surface area contributed by atoms with Crippen LogP contribution in [-0.4, -0.2) is 24.0 Å². The lowest BCUT2D eigenvalue weighted by Crippen LogP contribution is -2.52. The zero-order valence-corrected chi connectivity index (χ0v) is 15.6. The molecule has 3 rings (SSSR count). The second-order valence-electron chi connectivity index (χ2n) is 6.66. The van der Waals surface area contributed by atoms with Gasteiger partial charge in [-0.3, -0.25) is 0 Å². The van der Waals surface area contributed by atoms with Gasteiger partial charge in [-0.15, -0.1) is 0 Å². The van der Waals surface area contributed by atoms with Gasteiger partial charge in [0, 0.05) is 23.8 Å². The summed E-state index contributed by atoms with van der Waals surface area (Å²) < 4.78 is 0. The first-order valence-electron chi connectivity index (χ1n) is 9.02. The number of hydrogen-bond acceptors (Lipinski definition) is 1. The number of aryl methyl sites for hydroxylation is 2. The number of anilines is 1. The van der Waals surface area contributed by atoms with Gasteiger partial charge in [-0.25, -0.2) is 4.79 Å².